The number of rotatable bonds is 7. The topological polar surface area (TPSA) is 102 Å². The number of hydroxylamine groups is 1. The standard InChI is InChI=1S/C9H10N2O5S/c12-6-10-9(8-4-2-1-3-5-8)17(14,15)16-11-7-13/h1-7,9H,(H,10,12)(H,11,13). The van der Waals surface area contributed by atoms with E-state index in [4.69, 9.17) is 0 Å². The number of hydrogen-bond donors (Lipinski definition) is 2. The molecule has 0 saturated heterocycles. The minimum atomic E-state index is -4.18. The monoisotopic (exact) mass is 258 g/mol. The van der Waals surface area contributed by atoms with Gasteiger partial charge >= 0.3 is 10.1 Å². The van der Waals surface area contributed by atoms with Crippen molar-refractivity contribution in [3.63, 3.8) is 0 Å². The molecule has 0 aliphatic rings. The molecule has 2 N–H and O–H groups in total. The van der Waals surface area contributed by atoms with Gasteiger partial charge in [0.25, 0.3) is 0 Å². The molecule has 0 heterocycles. The van der Waals surface area contributed by atoms with Crippen LogP contribution >= 0.6 is 0 Å². The third-order valence-electron chi connectivity index (χ3n) is 1.82. The van der Waals surface area contributed by atoms with E-state index >= 15 is 0 Å². The van der Waals surface area contributed by atoms with Crippen molar-refractivity contribution < 1.29 is 22.3 Å². The number of carbonyl (C=O) groups is 2. The first kappa shape index (κ1) is 13.1. The Hall–Kier alpha value is -1.93. The lowest BCUT2D eigenvalue weighted by Crippen LogP contribution is -2.32. The molecule has 0 fully saturated rings. The maximum absolute atomic E-state index is 11.6. The fourth-order valence-electron chi connectivity index (χ4n) is 1.17. The van der Waals surface area contributed by atoms with E-state index in [1.54, 1.807) is 23.7 Å². The van der Waals surface area contributed by atoms with Crippen LogP contribution in [0, 0.1) is 0 Å². The van der Waals surface area contributed by atoms with Crippen molar-refractivity contribution in [2.24, 2.45) is 0 Å². The van der Waals surface area contributed by atoms with E-state index < -0.39 is 15.5 Å². The molecule has 1 rings (SSSR count). The van der Waals surface area contributed by atoms with Gasteiger partial charge in [0.05, 0.1) is 0 Å². The Morgan fingerprint density at radius 2 is 1.76 bits per heavy atom. The van der Waals surface area contributed by atoms with E-state index in [-0.39, 0.29) is 12.8 Å². The molecule has 0 radical (unpaired) electrons. The second-order valence-corrected chi connectivity index (χ2v) is 4.51. The molecule has 8 heteroatoms. The van der Waals surface area contributed by atoms with Crippen LogP contribution < -0.4 is 10.8 Å². The molecule has 1 aromatic rings. The normalized spacial score (nSPS) is 12.5. The molecule has 1 unspecified atom stereocenters. The fourth-order valence-corrected chi connectivity index (χ4v) is 2.15. The number of hydrogen-bond acceptors (Lipinski definition) is 5. The molecule has 17 heavy (non-hydrogen) atoms. The van der Waals surface area contributed by atoms with Crippen molar-refractivity contribution >= 4 is 22.9 Å². The minimum Gasteiger partial charge on any atom is -0.336 e. The van der Waals surface area contributed by atoms with Crippen LogP contribution in [0.5, 0.6) is 0 Å². The van der Waals surface area contributed by atoms with E-state index in [1.165, 1.54) is 12.1 Å². The SMILES string of the molecule is O=CNOS(=O)(=O)C(NC=O)c1ccccc1. The largest absolute Gasteiger partial charge is 0.336 e. The first-order valence-electron chi connectivity index (χ1n) is 4.48. The van der Waals surface area contributed by atoms with E-state index in [0.717, 1.165) is 0 Å². The molecule has 1 atom stereocenters. The summed E-state index contributed by atoms with van der Waals surface area (Å²) in [7, 11) is -4.18. The van der Waals surface area contributed by atoms with Gasteiger partial charge in [-0.3, -0.25) is 9.59 Å². The van der Waals surface area contributed by atoms with Gasteiger partial charge in [-0.2, -0.15) is 8.42 Å². The quantitative estimate of drug-likeness (QED) is 0.504. The van der Waals surface area contributed by atoms with Crippen molar-refractivity contribution in [1.82, 2.24) is 10.8 Å². The molecule has 0 saturated carbocycles. The first-order chi connectivity index (χ1) is 8.11. The molecule has 92 valence electrons. The average molecular weight is 258 g/mol. The van der Waals surface area contributed by atoms with E-state index in [1.807, 2.05) is 0 Å². The first-order valence-corrected chi connectivity index (χ1v) is 5.95. The Labute approximate surface area is 97.9 Å². The molecule has 0 aliphatic carbocycles. The third kappa shape index (κ3) is 3.54. The van der Waals surface area contributed by atoms with Crippen molar-refractivity contribution in [3.05, 3.63) is 35.9 Å². The highest BCUT2D eigenvalue weighted by molar-refractivity contribution is 7.86. The molecule has 7 nitrogen and oxygen atoms in total. The van der Waals surface area contributed by atoms with Crippen LogP contribution in [0.25, 0.3) is 0 Å². The van der Waals surface area contributed by atoms with Gasteiger partial charge in [0.2, 0.25) is 12.8 Å². The van der Waals surface area contributed by atoms with Gasteiger partial charge in [-0.15, -0.1) is 4.28 Å². The van der Waals surface area contributed by atoms with Gasteiger partial charge in [-0.25, -0.2) is 5.48 Å². The summed E-state index contributed by atoms with van der Waals surface area (Å²) in [5.41, 5.74) is 1.89. The number of benzene rings is 1. The second-order valence-electron chi connectivity index (χ2n) is 2.89. The zero-order valence-corrected chi connectivity index (χ0v) is 9.38. The van der Waals surface area contributed by atoms with Gasteiger partial charge in [-0.05, 0) is 5.56 Å². The highest BCUT2D eigenvalue weighted by Gasteiger charge is 2.28. The fraction of sp³-hybridized carbons (Fsp3) is 0.111. The predicted octanol–water partition coefficient (Wildman–Crippen LogP) is -0.561. The number of nitrogens with one attached hydrogen (secondary N) is 2. The Morgan fingerprint density at radius 1 is 1.12 bits per heavy atom. The molecule has 0 aromatic heterocycles. The summed E-state index contributed by atoms with van der Waals surface area (Å²) in [6.07, 6.45) is 0.306. The molecular formula is C9H10N2O5S. The minimum absolute atomic E-state index is 0.0700. The van der Waals surface area contributed by atoms with Crippen LogP contribution in [0.2, 0.25) is 0 Å². The molecule has 2 amide bonds. The maximum atomic E-state index is 11.6. The number of amides is 2. The average Bonchev–Trinajstić information content (AvgIpc) is 2.34. The summed E-state index contributed by atoms with van der Waals surface area (Å²) < 4.78 is 27.4. The smallest absolute Gasteiger partial charge is 0.313 e. The van der Waals surface area contributed by atoms with Crippen LogP contribution in [-0.2, 0) is 24.0 Å². The highest BCUT2D eigenvalue weighted by Crippen LogP contribution is 2.19. The summed E-state index contributed by atoms with van der Waals surface area (Å²) in [5.74, 6) is 0. The second kappa shape index (κ2) is 5.97. The lowest BCUT2D eigenvalue weighted by molar-refractivity contribution is -0.115. The van der Waals surface area contributed by atoms with Gasteiger partial charge < -0.3 is 5.32 Å². The molecule has 0 spiro atoms. The van der Waals surface area contributed by atoms with Crippen LogP contribution in [0.15, 0.2) is 30.3 Å². The van der Waals surface area contributed by atoms with E-state index in [0.29, 0.717) is 5.56 Å². The zero-order chi connectivity index (χ0) is 12.7. The van der Waals surface area contributed by atoms with Crippen molar-refractivity contribution in [2.75, 3.05) is 0 Å². The summed E-state index contributed by atoms with van der Waals surface area (Å²) in [4.78, 5) is 20.4. The highest BCUT2D eigenvalue weighted by atomic mass is 32.2. The van der Waals surface area contributed by atoms with Crippen LogP contribution in [0.1, 0.15) is 10.9 Å². The van der Waals surface area contributed by atoms with Crippen LogP contribution in [0.4, 0.5) is 0 Å². The van der Waals surface area contributed by atoms with Gasteiger partial charge in [0.1, 0.15) is 0 Å². The van der Waals surface area contributed by atoms with Gasteiger partial charge in [-0.1, -0.05) is 30.3 Å². The number of carbonyl (C=O) groups excluding carboxylic acids is 2. The zero-order valence-electron chi connectivity index (χ0n) is 8.57. The Bertz CT molecular complexity index is 473. The summed E-state index contributed by atoms with van der Waals surface area (Å²) in [6, 6.07) is 7.92. The molecule has 1 aromatic carbocycles. The lowest BCUT2D eigenvalue weighted by Gasteiger charge is -2.15. The lowest BCUT2D eigenvalue weighted by atomic mass is 10.2. The third-order valence-corrected chi connectivity index (χ3v) is 3.14. The van der Waals surface area contributed by atoms with E-state index in [2.05, 4.69) is 9.60 Å². The van der Waals surface area contributed by atoms with Crippen molar-refractivity contribution in [3.8, 4) is 0 Å². The molecule has 0 bridgehead atoms. The summed E-state index contributed by atoms with van der Waals surface area (Å²) in [5, 5.41) is 0.718. The Morgan fingerprint density at radius 3 is 2.29 bits per heavy atom. The van der Waals surface area contributed by atoms with Crippen LogP contribution in [0.3, 0.4) is 0 Å². The van der Waals surface area contributed by atoms with Crippen molar-refractivity contribution in [2.45, 2.75) is 5.37 Å². The van der Waals surface area contributed by atoms with Crippen LogP contribution in [-0.4, -0.2) is 21.2 Å². The van der Waals surface area contributed by atoms with Gasteiger partial charge in [0.15, 0.2) is 5.37 Å². The summed E-state index contributed by atoms with van der Waals surface area (Å²) in [6.45, 7) is 0. The van der Waals surface area contributed by atoms with Crippen molar-refractivity contribution in [1.29, 1.82) is 0 Å². The maximum Gasteiger partial charge on any atom is 0.313 e. The van der Waals surface area contributed by atoms with E-state index in [9.17, 15) is 18.0 Å². The molecule has 0 aliphatic heterocycles. The Kier molecular flexibility index (Phi) is 4.61. The summed E-state index contributed by atoms with van der Waals surface area (Å²) >= 11 is 0. The predicted molar refractivity (Wildman–Crippen MR) is 57.6 cm³/mol. The van der Waals surface area contributed by atoms with Gasteiger partial charge in [0, 0.05) is 0 Å². The molecular weight excluding hydrogens is 248 g/mol. The Balaban J connectivity index is 3.01.